The number of halogens is 1. The Morgan fingerprint density at radius 3 is 2.55 bits per heavy atom. The highest BCUT2D eigenvalue weighted by Gasteiger charge is 2.44. The van der Waals surface area contributed by atoms with E-state index in [9.17, 15) is 18.3 Å². The third kappa shape index (κ3) is 2.80. The first-order chi connectivity index (χ1) is 9.36. The summed E-state index contributed by atoms with van der Waals surface area (Å²) in [5, 5.41) is 10.0. The average Bonchev–Trinajstić information content (AvgIpc) is 2.81. The number of methoxy groups -OCH3 is 1. The lowest BCUT2D eigenvalue weighted by molar-refractivity contribution is -0.144. The van der Waals surface area contributed by atoms with Crippen LogP contribution in [0.15, 0.2) is 29.2 Å². The molecule has 0 spiro atoms. The Morgan fingerprint density at radius 1 is 1.40 bits per heavy atom. The van der Waals surface area contributed by atoms with Crippen LogP contribution in [-0.4, -0.2) is 49.6 Å². The molecule has 1 aromatic rings. The van der Waals surface area contributed by atoms with Crippen LogP contribution in [0.2, 0.25) is 5.02 Å². The van der Waals surface area contributed by atoms with E-state index in [0.717, 1.165) is 4.31 Å². The van der Waals surface area contributed by atoms with E-state index in [1.54, 1.807) is 0 Å². The van der Waals surface area contributed by atoms with Crippen LogP contribution in [0.3, 0.4) is 0 Å². The molecule has 0 radical (unpaired) electrons. The van der Waals surface area contributed by atoms with Crippen LogP contribution in [-0.2, 0) is 19.6 Å². The van der Waals surface area contributed by atoms with Crippen molar-refractivity contribution >= 4 is 27.6 Å². The van der Waals surface area contributed by atoms with E-state index in [2.05, 4.69) is 4.74 Å². The fourth-order valence-electron chi connectivity index (χ4n) is 2.14. The molecule has 2 atom stereocenters. The second kappa shape index (κ2) is 5.69. The lowest BCUT2D eigenvalue weighted by Crippen LogP contribution is -2.41. The van der Waals surface area contributed by atoms with Crippen LogP contribution >= 0.6 is 11.6 Å². The third-order valence-corrected chi connectivity index (χ3v) is 5.27. The van der Waals surface area contributed by atoms with Crippen LogP contribution < -0.4 is 0 Å². The maximum absolute atomic E-state index is 12.5. The van der Waals surface area contributed by atoms with Crippen LogP contribution in [0.5, 0.6) is 0 Å². The van der Waals surface area contributed by atoms with Gasteiger partial charge in [0.1, 0.15) is 6.04 Å². The van der Waals surface area contributed by atoms with Gasteiger partial charge in [0.15, 0.2) is 0 Å². The van der Waals surface area contributed by atoms with E-state index in [4.69, 9.17) is 11.6 Å². The molecule has 1 fully saturated rings. The first-order valence-corrected chi connectivity index (χ1v) is 7.71. The minimum atomic E-state index is -3.88. The van der Waals surface area contributed by atoms with Gasteiger partial charge < -0.3 is 9.84 Å². The molecule has 0 unspecified atom stereocenters. The lowest BCUT2D eigenvalue weighted by atomic mass is 10.2. The molecule has 6 nitrogen and oxygen atoms in total. The Hall–Kier alpha value is -1.15. The number of esters is 1. The zero-order chi connectivity index (χ0) is 14.9. The van der Waals surface area contributed by atoms with Gasteiger partial charge in [-0.1, -0.05) is 11.6 Å². The van der Waals surface area contributed by atoms with Gasteiger partial charge in [-0.25, -0.2) is 8.42 Å². The van der Waals surface area contributed by atoms with E-state index in [-0.39, 0.29) is 17.9 Å². The molecule has 1 aromatic carbocycles. The summed E-state index contributed by atoms with van der Waals surface area (Å²) in [6.07, 6.45) is -0.861. The minimum absolute atomic E-state index is 0.0184. The van der Waals surface area contributed by atoms with E-state index >= 15 is 0 Å². The predicted molar refractivity (Wildman–Crippen MR) is 71.8 cm³/mol. The van der Waals surface area contributed by atoms with Crippen molar-refractivity contribution in [2.75, 3.05) is 13.7 Å². The number of aliphatic hydroxyl groups excluding tert-OH is 1. The van der Waals surface area contributed by atoms with Crippen molar-refractivity contribution in [2.45, 2.75) is 23.5 Å². The van der Waals surface area contributed by atoms with Gasteiger partial charge in [0.25, 0.3) is 0 Å². The lowest BCUT2D eigenvalue weighted by Gasteiger charge is -2.21. The van der Waals surface area contributed by atoms with Gasteiger partial charge in [0.05, 0.1) is 18.1 Å². The highest BCUT2D eigenvalue weighted by molar-refractivity contribution is 7.89. The summed E-state index contributed by atoms with van der Waals surface area (Å²) in [5.41, 5.74) is 0. The normalized spacial score (nSPS) is 23.8. The van der Waals surface area contributed by atoms with Crippen molar-refractivity contribution in [1.29, 1.82) is 0 Å². The summed E-state index contributed by atoms with van der Waals surface area (Å²) in [5.74, 6) is -0.681. The number of hydrogen-bond donors (Lipinski definition) is 1. The fourth-order valence-corrected chi connectivity index (χ4v) is 3.89. The molecule has 0 bridgehead atoms. The predicted octanol–water partition coefficient (Wildman–Crippen LogP) is 0.637. The molecule has 1 heterocycles. The Bertz CT molecular complexity index is 601. The topological polar surface area (TPSA) is 83.9 Å². The molecule has 0 aromatic heterocycles. The largest absolute Gasteiger partial charge is 0.468 e. The summed E-state index contributed by atoms with van der Waals surface area (Å²) in [4.78, 5) is 11.7. The van der Waals surface area contributed by atoms with Crippen LogP contribution in [0.25, 0.3) is 0 Å². The van der Waals surface area contributed by atoms with Crippen molar-refractivity contribution in [3.63, 3.8) is 0 Å². The van der Waals surface area contributed by atoms with Crippen molar-refractivity contribution in [1.82, 2.24) is 4.31 Å². The molecule has 0 saturated carbocycles. The number of rotatable bonds is 3. The zero-order valence-electron chi connectivity index (χ0n) is 10.7. The number of carbonyl (C=O) groups is 1. The summed E-state index contributed by atoms with van der Waals surface area (Å²) in [6, 6.07) is 4.62. The van der Waals surface area contributed by atoms with Crippen molar-refractivity contribution in [3.8, 4) is 0 Å². The number of aliphatic hydroxyl groups is 1. The van der Waals surface area contributed by atoms with Crippen molar-refractivity contribution in [2.24, 2.45) is 0 Å². The molecular weight excluding hydrogens is 306 g/mol. The number of β-amino-alcohol motifs (C(OH)–C–C–N with tert-alkyl or cyclic N) is 1. The smallest absolute Gasteiger partial charge is 0.324 e. The number of hydrogen-bond acceptors (Lipinski definition) is 5. The molecule has 1 saturated heterocycles. The number of benzene rings is 1. The standard InChI is InChI=1S/C12H14ClNO5S/c1-19-12(16)11-6-9(15)7-14(11)20(17,18)10-4-2-8(13)3-5-10/h2-5,9,11,15H,6-7H2,1H3/t9-,11+/m1/s1. The molecule has 2 rings (SSSR count). The molecule has 1 aliphatic heterocycles. The van der Waals surface area contributed by atoms with Gasteiger partial charge in [-0.15, -0.1) is 0 Å². The maximum atomic E-state index is 12.5. The summed E-state index contributed by atoms with van der Waals surface area (Å²) < 4.78 is 30.5. The number of sulfonamides is 1. The Balaban J connectivity index is 2.37. The van der Waals surface area contributed by atoms with Crippen LogP contribution in [0.4, 0.5) is 0 Å². The van der Waals surface area contributed by atoms with E-state index in [1.807, 2.05) is 0 Å². The summed E-state index contributed by atoms with van der Waals surface area (Å²) >= 11 is 5.72. The molecule has 8 heteroatoms. The quantitative estimate of drug-likeness (QED) is 0.826. The average molecular weight is 320 g/mol. The van der Waals surface area contributed by atoms with Gasteiger partial charge >= 0.3 is 5.97 Å². The highest BCUT2D eigenvalue weighted by atomic mass is 35.5. The highest BCUT2D eigenvalue weighted by Crippen LogP contribution is 2.27. The van der Waals surface area contributed by atoms with E-state index in [0.29, 0.717) is 5.02 Å². The maximum Gasteiger partial charge on any atom is 0.324 e. The van der Waals surface area contributed by atoms with Gasteiger partial charge in [-0.2, -0.15) is 4.31 Å². The Morgan fingerprint density at radius 2 is 2.00 bits per heavy atom. The Kier molecular flexibility index (Phi) is 4.33. The molecule has 0 aliphatic carbocycles. The van der Waals surface area contributed by atoms with Crippen LogP contribution in [0.1, 0.15) is 6.42 Å². The molecule has 1 N–H and O–H groups in total. The van der Waals surface area contributed by atoms with Crippen LogP contribution in [0, 0.1) is 0 Å². The van der Waals surface area contributed by atoms with Gasteiger partial charge in [-0.3, -0.25) is 4.79 Å². The molecular formula is C12H14ClNO5S. The third-order valence-electron chi connectivity index (χ3n) is 3.13. The molecule has 0 amide bonds. The second-order valence-electron chi connectivity index (χ2n) is 4.46. The number of carbonyl (C=O) groups excluding carboxylic acids is 1. The molecule has 1 aliphatic rings. The molecule has 20 heavy (non-hydrogen) atoms. The summed E-state index contributed by atoms with van der Waals surface area (Å²) in [7, 11) is -2.70. The first-order valence-electron chi connectivity index (χ1n) is 5.89. The van der Waals surface area contributed by atoms with Gasteiger partial charge in [-0.05, 0) is 24.3 Å². The molecule has 110 valence electrons. The number of nitrogens with zero attached hydrogens (tertiary/aromatic N) is 1. The fraction of sp³-hybridized carbons (Fsp3) is 0.417. The monoisotopic (exact) mass is 319 g/mol. The summed E-state index contributed by atoms with van der Waals surface area (Å²) in [6.45, 7) is -0.134. The van der Waals surface area contributed by atoms with E-state index in [1.165, 1.54) is 31.4 Å². The van der Waals surface area contributed by atoms with Crippen molar-refractivity contribution < 1.29 is 23.1 Å². The minimum Gasteiger partial charge on any atom is -0.468 e. The SMILES string of the molecule is COC(=O)[C@@H]1C[C@@H](O)CN1S(=O)(=O)c1ccc(Cl)cc1. The number of ether oxygens (including phenoxy) is 1. The second-order valence-corrected chi connectivity index (χ2v) is 6.78. The first kappa shape index (κ1) is 15.2. The zero-order valence-corrected chi connectivity index (χ0v) is 12.3. The van der Waals surface area contributed by atoms with E-state index < -0.39 is 28.1 Å². The van der Waals surface area contributed by atoms with Gasteiger partial charge in [0.2, 0.25) is 10.0 Å². The van der Waals surface area contributed by atoms with Crippen molar-refractivity contribution in [3.05, 3.63) is 29.3 Å². The van der Waals surface area contributed by atoms with Gasteiger partial charge in [0, 0.05) is 18.0 Å². The Labute approximate surface area is 122 Å².